The van der Waals surface area contributed by atoms with E-state index >= 15 is 0 Å². The van der Waals surface area contributed by atoms with E-state index in [1.165, 1.54) is 0 Å². The Hall–Kier alpha value is -1.39. The van der Waals surface area contributed by atoms with Crippen LogP contribution in [0.25, 0.3) is 0 Å². The molecule has 4 nitrogen and oxygen atoms in total. The van der Waals surface area contributed by atoms with Crippen molar-refractivity contribution in [2.45, 2.75) is 38.8 Å². The lowest BCUT2D eigenvalue weighted by Gasteiger charge is -2.25. The van der Waals surface area contributed by atoms with Gasteiger partial charge in [0.1, 0.15) is 0 Å². The van der Waals surface area contributed by atoms with E-state index in [1.807, 2.05) is 26.0 Å². The van der Waals surface area contributed by atoms with E-state index in [9.17, 15) is 9.90 Å². The van der Waals surface area contributed by atoms with Crippen molar-refractivity contribution in [2.75, 3.05) is 6.54 Å². The summed E-state index contributed by atoms with van der Waals surface area (Å²) in [5.74, 6) is -0.168. The molecule has 0 saturated heterocycles. The Kier molecular flexibility index (Phi) is 5.31. The summed E-state index contributed by atoms with van der Waals surface area (Å²) in [5, 5.41) is 12.8. The summed E-state index contributed by atoms with van der Waals surface area (Å²) in [6.45, 7) is 4.56. The largest absolute Gasteiger partial charge is 0.388 e. The number of amides is 1. The molecule has 1 aromatic rings. The van der Waals surface area contributed by atoms with Crippen molar-refractivity contribution in [1.29, 1.82) is 0 Å². The zero-order valence-corrected chi connectivity index (χ0v) is 11.1. The third-order valence-electron chi connectivity index (χ3n) is 3.35. The van der Waals surface area contributed by atoms with Crippen LogP contribution in [-0.4, -0.2) is 23.2 Å². The molecule has 0 unspecified atom stereocenters. The minimum Gasteiger partial charge on any atom is -0.388 e. The fraction of sp³-hybridized carbons (Fsp3) is 0.500. The van der Waals surface area contributed by atoms with Gasteiger partial charge in [0.25, 0.3) is 5.91 Å². The van der Waals surface area contributed by atoms with Crippen molar-refractivity contribution in [3.8, 4) is 0 Å². The molecule has 4 heteroatoms. The zero-order chi connectivity index (χ0) is 13.6. The van der Waals surface area contributed by atoms with Crippen molar-refractivity contribution < 1.29 is 9.90 Å². The van der Waals surface area contributed by atoms with Crippen molar-refractivity contribution >= 4 is 5.91 Å². The molecule has 1 rings (SSSR count). The first kappa shape index (κ1) is 14.7. The zero-order valence-electron chi connectivity index (χ0n) is 11.1. The molecule has 0 aliphatic carbocycles. The van der Waals surface area contributed by atoms with E-state index in [0.29, 0.717) is 24.9 Å². The number of hydrogen-bond acceptors (Lipinski definition) is 3. The quantitative estimate of drug-likeness (QED) is 0.715. The molecule has 0 aliphatic heterocycles. The van der Waals surface area contributed by atoms with Gasteiger partial charge in [-0.05, 0) is 30.5 Å². The molecule has 0 radical (unpaired) electrons. The minimum atomic E-state index is -0.813. The van der Waals surface area contributed by atoms with Gasteiger partial charge in [0.15, 0.2) is 0 Å². The van der Waals surface area contributed by atoms with Crippen molar-refractivity contribution in [1.82, 2.24) is 5.32 Å². The van der Waals surface area contributed by atoms with Gasteiger partial charge in [-0.1, -0.05) is 26.0 Å². The maximum absolute atomic E-state index is 11.9. The van der Waals surface area contributed by atoms with Crippen LogP contribution in [0.5, 0.6) is 0 Å². The molecule has 0 saturated carbocycles. The molecule has 0 atom stereocenters. The monoisotopic (exact) mass is 250 g/mol. The topological polar surface area (TPSA) is 75.3 Å². The van der Waals surface area contributed by atoms with E-state index in [-0.39, 0.29) is 12.5 Å². The molecule has 100 valence electrons. The highest BCUT2D eigenvalue weighted by Crippen LogP contribution is 2.13. The maximum atomic E-state index is 11.9. The number of benzene rings is 1. The highest BCUT2D eigenvalue weighted by molar-refractivity contribution is 5.94. The third-order valence-corrected chi connectivity index (χ3v) is 3.35. The normalized spacial score (nSPS) is 11.3. The van der Waals surface area contributed by atoms with Crippen LogP contribution < -0.4 is 11.1 Å². The van der Waals surface area contributed by atoms with Gasteiger partial charge in [-0.15, -0.1) is 0 Å². The second kappa shape index (κ2) is 6.52. The Bertz CT molecular complexity index is 383. The highest BCUT2D eigenvalue weighted by atomic mass is 16.3. The Morgan fingerprint density at radius 2 is 1.83 bits per heavy atom. The first-order chi connectivity index (χ1) is 8.54. The van der Waals surface area contributed by atoms with Crippen molar-refractivity contribution in [3.63, 3.8) is 0 Å². The number of aliphatic hydroxyl groups is 1. The lowest BCUT2D eigenvalue weighted by atomic mass is 9.97. The van der Waals surface area contributed by atoms with Gasteiger partial charge in [-0.25, -0.2) is 0 Å². The molecule has 1 aromatic carbocycles. The van der Waals surface area contributed by atoms with Gasteiger partial charge in [0.2, 0.25) is 0 Å². The molecule has 0 aromatic heterocycles. The van der Waals surface area contributed by atoms with E-state index in [4.69, 9.17) is 5.73 Å². The summed E-state index contributed by atoms with van der Waals surface area (Å²) in [4.78, 5) is 11.9. The fourth-order valence-corrected chi connectivity index (χ4v) is 1.64. The second-order valence-corrected chi connectivity index (χ2v) is 4.52. The molecule has 1 amide bonds. The number of nitrogens with one attached hydrogen (secondary N) is 1. The molecule has 0 bridgehead atoms. The summed E-state index contributed by atoms with van der Waals surface area (Å²) < 4.78 is 0. The summed E-state index contributed by atoms with van der Waals surface area (Å²) in [7, 11) is 0. The minimum absolute atomic E-state index is 0.168. The van der Waals surface area contributed by atoms with Gasteiger partial charge < -0.3 is 16.2 Å². The molecule has 4 N–H and O–H groups in total. The SMILES string of the molecule is CCC(O)(CC)CNC(=O)c1ccc(CN)cc1. The van der Waals surface area contributed by atoms with Gasteiger partial charge >= 0.3 is 0 Å². The van der Waals surface area contributed by atoms with Crippen LogP contribution in [0.4, 0.5) is 0 Å². The molecule has 0 spiro atoms. The first-order valence-electron chi connectivity index (χ1n) is 6.34. The number of hydrogen-bond donors (Lipinski definition) is 3. The Labute approximate surface area is 108 Å². The average molecular weight is 250 g/mol. The molecule has 0 aliphatic rings. The number of nitrogens with two attached hydrogens (primary N) is 1. The highest BCUT2D eigenvalue weighted by Gasteiger charge is 2.22. The summed E-state index contributed by atoms with van der Waals surface area (Å²) in [6.07, 6.45) is 1.24. The predicted octanol–water partition coefficient (Wildman–Crippen LogP) is 1.43. The third kappa shape index (κ3) is 3.82. The van der Waals surface area contributed by atoms with Crippen molar-refractivity contribution in [3.05, 3.63) is 35.4 Å². The average Bonchev–Trinajstić information content (AvgIpc) is 2.44. The lowest BCUT2D eigenvalue weighted by Crippen LogP contribution is -2.42. The number of carbonyl (C=O) groups excluding carboxylic acids is 1. The van der Waals surface area contributed by atoms with Gasteiger partial charge in [0.05, 0.1) is 5.60 Å². The second-order valence-electron chi connectivity index (χ2n) is 4.52. The maximum Gasteiger partial charge on any atom is 0.251 e. The Balaban J connectivity index is 2.59. The fourth-order valence-electron chi connectivity index (χ4n) is 1.64. The van der Waals surface area contributed by atoms with Crippen molar-refractivity contribution in [2.24, 2.45) is 5.73 Å². The van der Waals surface area contributed by atoms with E-state index in [2.05, 4.69) is 5.32 Å². The summed E-state index contributed by atoms with van der Waals surface area (Å²) in [6, 6.07) is 7.16. The molecular weight excluding hydrogens is 228 g/mol. The van der Waals surface area contributed by atoms with Crippen LogP contribution >= 0.6 is 0 Å². The van der Waals surface area contributed by atoms with Gasteiger partial charge in [-0.3, -0.25) is 4.79 Å². The summed E-state index contributed by atoms with van der Waals surface area (Å²) in [5.41, 5.74) is 6.26. The summed E-state index contributed by atoms with van der Waals surface area (Å²) >= 11 is 0. The predicted molar refractivity (Wildman–Crippen MR) is 72.2 cm³/mol. The first-order valence-corrected chi connectivity index (χ1v) is 6.34. The Morgan fingerprint density at radius 3 is 2.28 bits per heavy atom. The van der Waals surface area contributed by atoms with Gasteiger partial charge in [0, 0.05) is 18.7 Å². The number of carbonyl (C=O) groups is 1. The van der Waals surface area contributed by atoms with E-state index in [1.54, 1.807) is 12.1 Å². The molecule has 18 heavy (non-hydrogen) atoms. The van der Waals surface area contributed by atoms with Crippen LogP contribution in [0, 0.1) is 0 Å². The molecule has 0 fully saturated rings. The standard InChI is InChI=1S/C14H22N2O2/c1-3-14(18,4-2)10-16-13(17)12-7-5-11(9-15)6-8-12/h5-8,18H,3-4,9-10,15H2,1-2H3,(H,16,17). The van der Waals surface area contributed by atoms with Crippen LogP contribution in [0.2, 0.25) is 0 Å². The van der Waals surface area contributed by atoms with Crippen LogP contribution in [0.1, 0.15) is 42.6 Å². The van der Waals surface area contributed by atoms with Gasteiger partial charge in [-0.2, -0.15) is 0 Å². The van der Waals surface area contributed by atoms with Crippen LogP contribution in [0.15, 0.2) is 24.3 Å². The smallest absolute Gasteiger partial charge is 0.251 e. The lowest BCUT2D eigenvalue weighted by molar-refractivity contribution is 0.0314. The van der Waals surface area contributed by atoms with Crippen LogP contribution in [0.3, 0.4) is 0 Å². The van der Waals surface area contributed by atoms with E-state index < -0.39 is 5.60 Å². The number of rotatable bonds is 6. The Morgan fingerprint density at radius 1 is 1.28 bits per heavy atom. The van der Waals surface area contributed by atoms with Crippen LogP contribution in [-0.2, 0) is 6.54 Å². The molecular formula is C14H22N2O2. The van der Waals surface area contributed by atoms with E-state index in [0.717, 1.165) is 5.56 Å². The molecule has 0 heterocycles.